The van der Waals surface area contributed by atoms with Crippen LogP contribution in [0.2, 0.25) is 0 Å². The van der Waals surface area contributed by atoms with Crippen molar-refractivity contribution in [3.05, 3.63) is 53.3 Å². The number of nitrogens with two attached hydrogens (primary N) is 1. The zero-order valence-electron chi connectivity index (χ0n) is 18.6. The van der Waals surface area contributed by atoms with Gasteiger partial charge in [0.15, 0.2) is 17.2 Å². The molecule has 1 aromatic heterocycles. The van der Waals surface area contributed by atoms with E-state index in [4.69, 9.17) is 16.6 Å². The van der Waals surface area contributed by atoms with Gasteiger partial charge in [0, 0.05) is 29.3 Å². The standard InChI is InChI=1S/C21H20F5N3O4/c1-9-14(11-4-5-12(22)15(23)16(11)32-3)17(33-20(9,2)21(24,25)26)19(31)29-10-6-7-28-13(8-10)18(27)30/h4-9,14,17H,1-3H3,(H2,27,30)(H,28,29,31)/t9-,14+,17+,20+/m1/s1/i6D. The number of hydrogen-bond donors (Lipinski definition) is 2. The van der Waals surface area contributed by atoms with Gasteiger partial charge in [-0.3, -0.25) is 14.6 Å². The molecule has 0 aliphatic carbocycles. The molecule has 4 atom stereocenters. The molecule has 3 rings (SSSR count). The van der Waals surface area contributed by atoms with Gasteiger partial charge in [-0.2, -0.15) is 17.6 Å². The van der Waals surface area contributed by atoms with E-state index in [0.717, 1.165) is 32.4 Å². The van der Waals surface area contributed by atoms with E-state index in [1.807, 2.05) is 0 Å². The molecule has 0 spiro atoms. The number of nitrogens with zero attached hydrogens (tertiary/aromatic N) is 1. The van der Waals surface area contributed by atoms with Crippen molar-refractivity contribution in [2.75, 3.05) is 12.4 Å². The number of anilines is 1. The monoisotopic (exact) mass is 474 g/mol. The van der Waals surface area contributed by atoms with Gasteiger partial charge in [-0.25, -0.2) is 4.39 Å². The van der Waals surface area contributed by atoms with Crippen LogP contribution in [0.15, 0.2) is 30.4 Å². The molecule has 7 nitrogen and oxygen atoms in total. The maximum Gasteiger partial charge on any atom is 0.417 e. The van der Waals surface area contributed by atoms with Crippen molar-refractivity contribution in [2.24, 2.45) is 11.7 Å². The number of alkyl halides is 3. The Labute approximate surface area is 186 Å². The van der Waals surface area contributed by atoms with Crippen LogP contribution in [0.4, 0.5) is 27.6 Å². The number of carbonyl (C=O) groups excluding carboxylic acids is 2. The van der Waals surface area contributed by atoms with E-state index in [-0.39, 0.29) is 23.0 Å². The van der Waals surface area contributed by atoms with E-state index in [1.165, 1.54) is 6.92 Å². The smallest absolute Gasteiger partial charge is 0.417 e. The zero-order valence-corrected chi connectivity index (χ0v) is 17.6. The number of aromatic nitrogens is 1. The number of primary amides is 1. The molecule has 0 unspecified atom stereocenters. The summed E-state index contributed by atoms with van der Waals surface area (Å²) in [5, 5.41) is 2.25. The second kappa shape index (κ2) is 8.58. The van der Waals surface area contributed by atoms with Gasteiger partial charge in [-0.05, 0) is 25.1 Å². The quantitative estimate of drug-likeness (QED) is 0.646. The van der Waals surface area contributed by atoms with Crippen LogP contribution < -0.4 is 15.8 Å². The van der Waals surface area contributed by atoms with E-state index in [1.54, 1.807) is 0 Å². The average Bonchev–Trinajstić information content (AvgIpc) is 3.03. The van der Waals surface area contributed by atoms with Crippen LogP contribution in [0.1, 0.15) is 37.2 Å². The van der Waals surface area contributed by atoms with Crippen LogP contribution in [0.3, 0.4) is 0 Å². The fraction of sp³-hybridized carbons (Fsp3) is 0.381. The number of nitrogens with one attached hydrogen (secondary N) is 1. The summed E-state index contributed by atoms with van der Waals surface area (Å²) in [5.41, 5.74) is 1.53. The number of amides is 2. The number of ether oxygens (including phenoxy) is 2. The van der Waals surface area contributed by atoms with E-state index in [0.29, 0.717) is 6.07 Å². The number of rotatable bonds is 5. The second-order valence-electron chi connectivity index (χ2n) is 7.64. The highest BCUT2D eigenvalue weighted by molar-refractivity contribution is 5.97. The largest absolute Gasteiger partial charge is 0.493 e. The van der Waals surface area contributed by atoms with E-state index in [2.05, 4.69) is 10.3 Å². The molecule has 2 amide bonds. The predicted molar refractivity (Wildman–Crippen MR) is 106 cm³/mol. The number of halogens is 5. The topological polar surface area (TPSA) is 104 Å². The van der Waals surface area contributed by atoms with Gasteiger partial charge >= 0.3 is 6.18 Å². The Morgan fingerprint density at radius 3 is 2.58 bits per heavy atom. The molecule has 1 aliphatic rings. The van der Waals surface area contributed by atoms with Crippen molar-refractivity contribution in [1.82, 2.24) is 4.98 Å². The van der Waals surface area contributed by atoms with Crippen molar-refractivity contribution in [2.45, 2.75) is 37.6 Å². The lowest BCUT2D eigenvalue weighted by Crippen LogP contribution is -2.47. The Bertz CT molecular complexity index is 1150. The summed E-state index contributed by atoms with van der Waals surface area (Å²) < 4.78 is 88.0. The molecule has 178 valence electrons. The normalized spacial score (nSPS) is 25.5. The van der Waals surface area contributed by atoms with Crippen molar-refractivity contribution in [3.8, 4) is 5.75 Å². The summed E-state index contributed by atoms with van der Waals surface area (Å²) in [5.74, 6) is -8.34. The molecule has 0 radical (unpaired) electrons. The molecule has 0 bridgehead atoms. The first kappa shape index (κ1) is 22.9. The van der Waals surface area contributed by atoms with Crippen LogP contribution in [-0.4, -0.2) is 41.8 Å². The van der Waals surface area contributed by atoms with Gasteiger partial charge in [0.05, 0.1) is 8.48 Å². The SMILES string of the molecule is [2H]c1cnc(C(N)=O)cc1NC(=O)[C@H]1O[C@](C)(C(F)(F)F)[C@H](C)[C@H]1c1ccc(F)c(F)c1OC. The fourth-order valence-corrected chi connectivity index (χ4v) is 3.84. The summed E-state index contributed by atoms with van der Waals surface area (Å²) in [6, 6.07) is 2.36. The average molecular weight is 474 g/mol. The molecular formula is C21H20F5N3O4. The summed E-state index contributed by atoms with van der Waals surface area (Å²) in [6.45, 7) is 1.91. The number of hydrogen-bond acceptors (Lipinski definition) is 5. The van der Waals surface area contributed by atoms with Gasteiger partial charge in [-0.1, -0.05) is 13.0 Å². The van der Waals surface area contributed by atoms with E-state index < -0.39 is 58.9 Å². The summed E-state index contributed by atoms with van der Waals surface area (Å²) in [4.78, 5) is 28.1. The minimum absolute atomic E-state index is 0.208. The molecule has 3 N–H and O–H groups in total. The minimum atomic E-state index is -4.93. The van der Waals surface area contributed by atoms with Crippen LogP contribution in [0.25, 0.3) is 0 Å². The maximum atomic E-state index is 14.4. The van der Waals surface area contributed by atoms with Gasteiger partial charge in [0.2, 0.25) is 5.82 Å². The highest BCUT2D eigenvalue weighted by Gasteiger charge is 2.65. The van der Waals surface area contributed by atoms with Crippen LogP contribution in [-0.2, 0) is 9.53 Å². The summed E-state index contributed by atoms with van der Waals surface area (Å²) >= 11 is 0. The molecule has 12 heteroatoms. The Morgan fingerprint density at radius 1 is 1.33 bits per heavy atom. The van der Waals surface area contributed by atoms with Gasteiger partial charge in [0.1, 0.15) is 11.8 Å². The van der Waals surface area contributed by atoms with Crippen molar-refractivity contribution in [3.63, 3.8) is 0 Å². The molecule has 1 aromatic carbocycles. The zero-order chi connectivity index (χ0) is 25.6. The molecule has 1 aliphatic heterocycles. The number of benzene rings is 1. The highest BCUT2D eigenvalue weighted by Crippen LogP contribution is 2.55. The predicted octanol–water partition coefficient (Wildman–Crippen LogP) is 3.55. The molecule has 1 fully saturated rings. The maximum absolute atomic E-state index is 14.4. The third kappa shape index (κ3) is 4.22. The Morgan fingerprint density at radius 2 is 2.00 bits per heavy atom. The molecule has 2 aromatic rings. The Balaban J connectivity index is 2.10. The molecule has 2 heterocycles. The Hall–Kier alpha value is -3.28. The first-order valence-electron chi connectivity index (χ1n) is 10.1. The summed E-state index contributed by atoms with van der Waals surface area (Å²) in [7, 11) is 1.01. The minimum Gasteiger partial charge on any atom is -0.493 e. The molecule has 0 saturated carbocycles. The third-order valence-corrected chi connectivity index (χ3v) is 5.79. The Kier molecular flexibility index (Phi) is 5.95. The lowest BCUT2D eigenvalue weighted by Gasteiger charge is -2.32. The first-order valence-corrected chi connectivity index (χ1v) is 9.56. The fourth-order valence-electron chi connectivity index (χ4n) is 3.84. The molecule has 33 heavy (non-hydrogen) atoms. The van der Waals surface area contributed by atoms with E-state index >= 15 is 0 Å². The van der Waals surface area contributed by atoms with Crippen LogP contribution in [0, 0.1) is 17.6 Å². The van der Waals surface area contributed by atoms with Crippen molar-refractivity contribution >= 4 is 17.5 Å². The first-order chi connectivity index (χ1) is 15.7. The summed E-state index contributed by atoms with van der Waals surface area (Å²) in [6.07, 6.45) is -5.87. The van der Waals surface area contributed by atoms with Crippen molar-refractivity contribution in [1.29, 1.82) is 0 Å². The highest BCUT2D eigenvalue weighted by atomic mass is 19.4. The number of carbonyl (C=O) groups is 2. The molecule has 1 saturated heterocycles. The number of pyridine rings is 1. The lowest BCUT2D eigenvalue weighted by molar-refractivity contribution is -0.272. The van der Waals surface area contributed by atoms with E-state index in [9.17, 15) is 31.5 Å². The lowest BCUT2D eigenvalue weighted by atomic mass is 9.77. The number of methoxy groups -OCH3 is 1. The van der Waals surface area contributed by atoms with Crippen molar-refractivity contribution < 1.29 is 42.4 Å². The van der Waals surface area contributed by atoms with Gasteiger partial charge < -0.3 is 20.5 Å². The van der Waals surface area contributed by atoms with Gasteiger partial charge in [0.25, 0.3) is 11.8 Å². The van der Waals surface area contributed by atoms with Crippen LogP contribution in [0.5, 0.6) is 5.75 Å². The third-order valence-electron chi connectivity index (χ3n) is 5.79. The van der Waals surface area contributed by atoms with Gasteiger partial charge in [-0.15, -0.1) is 0 Å². The van der Waals surface area contributed by atoms with Crippen LogP contribution >= 0.6 is 0 Å². The second-order valence-corrected chi connectivity index (χ2v) is 7.64. The molecular weight excluding hydrogens is 453 g/mol.